The highest BCUT2D eigenvalue weighted by Crippen LogP contribution is 2.33. The van der Waals surface area contributed by atoms with Crippen molar-refractivity contribution >= 4 is 29.0 Å². The average Bonchev–Trinajstić information content (AvgIpc) is 2.86. The van der Waals surface area contributed by atoms with Crippen LogP contribution >= 0.6 is 0 Å². The topological polar surface area (TPSA) is 141 Å². The number of carbonyl (C=O) groups is 2. The summed E-state index contributed by atoms with van der Waals surface area (Å²) in [5.41, 5.74) is 5.68. The third kappa shape index (κ3) is 3.12. The first-order valence-corrected chi connectivity index (χ1v) is 9.33. The molecule has 0 aliphatic carbocycles. The van der Waals surface area contributed by atoms with E-state index in [0.29, 0.717) is 5.69 Å². The number of nitrogens with one attached hydrogen (secondary N) is 1. The Hall–Kier alpha value is -3.69. The molecule has 1 fully saturated rings. The summed E-state index contributed by atoms with van der Waals surface area (Å²) in [5, 5.41) is 13.8. The Bertz CT molecular complexity index is 1100. The van der Waals surface area contributed by atoms with Crippen LogP contribution in [0.2, 0.25) is 0 Å². The van der Waals surface area contributed by atoms with Crippen LogP contribution in [0.3, 0.4) is 0 Å². The van der Waals surface area contributed by atoms with Gasteiger partial charge in [0, 0.05) is 25.2 Å². The fourth-order valence-electron chi connectivity index (χ4n) is 3.92. The van der Waals surface area contributed by atoms with Gasteiger partial charge in [-0.25, -0.2) is 0 Å². The molecule has 1 aromatic heterocycles. The second-order valence-corrected chi connectivity index (χ2v) is 7.11. The zero-order chi connectivity index (χ0) is 20.7. The summed E-state index contributed by atoms with van der Waals surface area (Å²) in [6.07, 6.45) is 4.09. The van der Waals surface area contributed by atoms with Gasteiger partial charge in [-0.15, -0.1) is 0 Å². The molecule has 0 atom stereocenters. The largest absolute Gasteiger partial charge is 0.384 e. The van der Waals surface area contributed by atoms with Crippen LogP contribution in [0.5, 0.6) is 0 Å². The van der Waals surface area contributed by atoms with Crippen LogP contribution in [0, 0.1) is 10.1 Å². The van der Waals surface area contributed by atoms with Crippen LogP contribution in [0.15, 0.2) is 29.1 Å². The van der Waals surface area contributed by atoms with E-state index in [1.807, 2.05) is 4.90 Å². The summed E-state index contributed by atoms with van der Waals surface area (Å²) >= 11 is 0. The number of rotatable bonds is 3. The summed E-state index contributed by atoms with van der Waals surface area (Å²) in [6.45, 7) is 1.45. The van der Waals surface area contributed by atoms with E-state index < -0.39 is 22.3 Å². The van der Waals surface area contributed by atoms with Crippen LogP contribution in [-0.2, 0) is 0 Å². The molecule has 10 heteroatoms. The molecule has 0 radical (unpaired) electrons. The lowest BCUT2D eigenvalue weighted by molar-refractivity contribution is -0.384. The molecule has 2 aromatic rings. The quantitative estimate of drug-likeness (QED) is 0.455. The van der Waals surface area contributed by atoms with Crippen LogP contribution in [0.4, 0.5) is 17.2 Å². The maximum Gasteiger partial charge on any atom is 0.294 e. The molecule has 2 aliphatic heterocycles. The summed E-state index contributed by atoms with van der Waals surface area (Å²) in [6, 6.07) is 5.45. The number of nitro groups is 1. The van der Waals surface area contributed by atoms with Gasteiger partial charge < -0.3 is 10.6 Å². The minimum atomic E-state index is -0.702. The number of aromatic nitrogens is 1. The molecule has 1 aromatic carbocycles. The number of nitrogens with zero attached hydrogens (tertiary/aromatic N) is 3. The fraction of sp³-hybridized carbons (Fsp3) is 0.316. The van der Waals surface area contributed by atoms with E-state index in [4.69, 9.17) is 5.73 Å². The summed E-state index contributed by atoms with van der Waals surface area (Å²) in [4.78, 5) is 49.6. The predicted octanol–water partition coefficient (Wildman–Crippen LogP) is 1.59. The van der Waals surface area contributed by atoms with Gasteiger partial charge >= 0.3 is 0 Å². The van der Waals surface area contributed by atoms with Crippen molar-refractivity contribution in [3.8, 4) is 5.69 Å². The fourth-order valence-corrected chi connectivity index (χ4v) is 3.92. The Labute approximate surface area is 165 Å². The number of fused-ring (bicyclic) bond motifs is 1. The number of anilines is 2. The van der Waals surface area contributed by atoms with Gasteiger partial charge in [-0.1, -0.05) is 12.8 Å². The Kier molecular flexibility index (Phi) is 4.53. The minimum Gasteiger partial charge on any atom is -0.384 e. The number of amides is 2. The van der Waals surface area contributed by atoms with E-state index in [0.717, 1.165) is 49.4 Å². The van der Waals surface area contributed by atoms with Crippen molar-refractivity contribution in [3.63, 3.8) is 0 Å². The average molecular weight is 397 g/mol. The number of benzene rings is 1. The van der Waals surface area contributed by atoms with Crippen molar-refractivity contribution in [2.45, 2.75) is 25.7 Å². The molecule has 2 aliphatic rings. The van der Waals surface area contributed by atoms with Crippen molar-refractivity contribution in [1.82, 2.24) is 9.88 Å². The van der Waals surface area contributed by atoms with E-state index in [9.17, 15) is 24.5 Å². The van der Waals surface area contributed by atoms with Gasteiger partial charge in [-0.3, -0.25) is 34.4 Å². The van der Waals surface area contributed by atoms with Gasteiger partial charge in [0.1, 0.15) is 11.5 Å². The lowest BCUT2D eigenvalue weighted by Crippen LogP contribution is -2.26. The standard InChI is InChI=1S/C19H19N5O5/c20-17-16-12(18(26)21-19(16)27)10-15(25)23(17)11-5-6-13(14(9-11)24(28)29)22-7-3-1-2-4-8-22/h5-6,9-10H,1-4,7-8,20H2,(H,21,26,27). The van der Waals surface area contributed by atoms with Crippen molar-refractivity contribution in [2.75, 3.05) is 23.7 Å². The first kappa shape index (κ1) is 18.7. The zero-order valence-corrected chi connectivity index (χ0v) is 15.5. The van der Waals surface area contributed by atoms with Crippen molar-refractivity contribution in [2.24, 2.45) is 0 Å². The first-order valence-electron chi connectivity index (χ1n) is 9.33. The number of nitrogen functional groups attached to an aromatic ring is 1. The molecule has 2 amide bonds. The molecule has 3 heterocycles. The normalized spacial score (nSPS) is 16.3. The molecule has 29 heavy (non-hydrogen) atoms. The highest BCUT2D eigenvalue weighted by atomic mass is 16.6. The van der Waals surface area contributed by atoms with Crippen molar-refractivity contribution < 1.29 is 14.5 Å². The number of pyridine rings is 1. The summed E-state index contributed by atoms with van der Waals surface area (Å²) < 4.78 is 1.01. The number of nitro benzene ring substituents is 1. The van der Waals surface area contributed by atoms with E-state index in [1.165, 1.54) is 6.07 Å². The van der Waals surface area contributed by atoms with Crippen LogP contribution < -0.4 is 21.5 Å². The number of hydrogen-bond acceptors (Lipinski definition) is 7. The molecule has 0 unspecified atom stereocenters. The molecule has 150 valence electrons. The maximum atomic E-state index is 12.6. The highest BCUT2D eigenvalue weighted by Gasteiger charge is 2.32. The third-order valence-corrected chi connectivity index (χ3v) is 5.31. The number of imide groups is 1. The molecule has 3 N–H and O–H groups in total. The second-order valence-electron chi connectivity index (χ2n) is 7.11. The van der Waals surface area contributed by atoms with Crippen LogP contribution in [-0.4, -0.2) is 34.4 Å². The van der Waals surface area contributed by atoms with Crippen LogP contribution in [0.25, 0.3) is 5.69 Å². The number of nitrogens with two attached hydrogens (primary N) is 1. The van der Waals surface area contributed by atoms with Crippen LogP contribution in [0.1, 0.15) is 46.4 Å². The molecular weight excluding hydrogens is 378 g/mol. The lowest BCUT2D eigenvalue weighted by Gasteiger charge is -2.23. The smallest absolute Gasteiger partial charge is 0.294 e. The Morgan fingerprint density at radius 1 is 1.00 bits per heavy atom. The molecule has 0 spiro atoms. The van der Waals surface area contributed by atoms with Gasteiger partial charge in [-0.2, -0.15) is 0 Å². The Morgan fingerprint density at radius 2 is 1.69 bits per heavy atom. The molecule has 1 saturated heterocycles. The molecule has 0 bridgehead atoms. The van der Waals surface area contributed by atoms with E-state index >= 15 is 0 Å². The zero-order valence-electron chi connectivity index (χ0n) is 15.5. The van der Waals surface area contributed by atoms with Gasteiger partial charge in [0.2, 0.25) is 0 Å². The summed E-state index contributed by atoms with van der Waals surface area (Å²) in [7, 11) is 0. The Morgan fingerprint density at radius 3 is 2.34 bits per heavy atom. The van der Waals surface area contributed by atoms with E-state index in [1.54, 1.807) is 12.1 Å². The first-order chi connectivity index (χ1) is 13.9. The monoisotopic (exact) mass is 397 g/mol. The maximum absolute atomic E-state index is 12.6. The highest BCUT2D eigenvalue weighted by molar-refractivity contribution is 6.23. The van der Waals surface area contributed by atoms with Crippen molar-refractivity contribution in [1.29, 1.82) is 0 Å². The minimum absolute atomic E-state index is 0.0931. The second kappa shape index (κ2) is 7.04. The molecule has 4 rings (SSSR count). The lowest BCUT2D eigenvalue weighted by atomic mass is 10.1. The number of hydrogen-bond donors (Lipinski definition) is 2. The van der Waals surface area contributed by atoms with E-state index in [2.05, 4.69) is 5.32 Å². The molecule has 10 nitrogen and oxygen atoms in total. The predicted molar refractivity (Wildman–Crippen MR) is 106 cm³/mol. The SMILES string of the molecule is Nc1c2c(cc(=O)n1-c1ccc(N3CCCCCC3)c([N+](=O)[O-])c1)C(=O)NC2=O. The summed E-state index contributed by atoms with van der Waals surface area (Å²) in [5.74, 6) is -1.62. The van der Waals surface area contributed by atoms with Gasteiger partial charge in [0.25, 0.3) is 23.1 Å². The van der Waals surface area contributed by atoms with Gasteiger partial charge in [0.15, 0.2) is 0 Å². The van der Waals surface area contributed by atoms with E-state index in [-0.39, 0.29) is 28.3 Å². The molecule has 0 saturated carbocycles. The van der Waals surface area contributed by atoms with Crippen molar-refractivity contribution in [3.05, 3.63) is 55.9 Å². The number of carbonyl (C=O) groups excluding carboxylic acids is 2. The Balaban J connectivity index is 1.85. The van der Waals surface area contributed by atoms with Gasteiger partial charge in [-0.05, 0) is 25.0 Å². The third-order valence-electron chi connectivity index (χ3n) is 5.31. The van der Waals surface area contributed by atoms with Gasteiger partial charge in [0.05, 0.1) is 21.7 Å². The molecular formula is C19H19N5O5.